The number of amides is 1. The highest BCUT2D eigenvalue weighted by molar-refractivity contribution is 7.20. The Morgan fingerprint density at radius 1 is 1.04 bits per heavy atom. The molecule has 0 aliphatic carbocycles. The number of fused-ring (bicyclic) bond motifs is 2. The molecule has 0 spiro atoms. The second kappa shape index (κ2) is 6.67. The minimum Gasteiger partial charge on any atom is -0.497 e. The number of carbonyl (C=O) groups excluding carboxylic acids is 1. The number of aryl methyl sites for hydroxylation is 2. The molecule has 4 aromatic rings. The van der Waals surface area contributed by atoms with E-state index in [1.54, 1.807) is 12.0 Å². The molecule has 5 heteroatoms. The van der Waals surface area contributed by atoms with Crippen LogP contribution in [0.3, 0.4) is 0 Å². The molecule has 0 unspecified atom stereocenters. The van der Waals surface area contributed by atoms with E-state index in [-0.39, 0.29) is 5.91 Å². The van der Waals surface area contributed by atoms with Crippen molar-refractivity contribution in [2.24, 2.45) is 0 Å². The van der Waals surface area contributed by atoms with Crippen molar-refractivity contribution in [2.75, 3.05) is 19.1 Å². The van der Waals surface area contributed by atoms with Crippen LogP contribution in [-0.2, 0) is 0 Å². The second-order valence-electron chi connectivity index (χ2n) is 6.71. The smallest absolute Gasteiger partial charge is 0.268 e. The molecule has 0 aliphatic heterocycles. The topological polar surface area (TPSA) is 42.4 Å². The van der Waals surface area contributed by atoms with E-state index in [9.17, 15) is 4.79 Å². The van der Waals surface area contributed by atoms with Crippen LogP contribution in [0.5, 0.6) is 5.75 Å². The molecular weight excluding hydrogens is 356 g/mol. The summed E-state index contributed by atoms with van der Waals surface area (Å²) in [4.78, 5) is 21.0. The van der Waals surface area contributed by atoms with Gasteiger partial charge in [0.2, 0.25) is 0 Å². The number of nitrogens with zero attached hydrogens (tertiary/aromatic N) is 2. The molecule has 0 N–H and O–H groups in total. The molecule has 0 radical (unpaired) electrons. The van der Waals surface area contributed by atoms with Crippen LogP contribution in [0.2, 0.25) is 0 Å². The Kier molecular flexibility index (Phi) is 4.32. The van der Waals surface area contributed by atoms with Crippen molar-refractivity contribution < 1.29 is 9.53 Å². The van der Waals surface area contributed by atoms with Gasteiger partial charge in [0, 0.05) is 29.6 Å². The minimum atomic E-state index is -0.0201. The number of hydrogen-bond acceptors (Lipinski definition) is 4. The lowest BCUT2D eigenvalue weighted by Gasteiger charge is -2.19. The van der Waals surface area contributed by atoms with Crippen LogP contribution in [-0.4, -0.2) is 25.0 Å². The van der Waals surface area contributed by atoms with E-state index >= 15 is 0 Å². The zero-order valence-electron chi connectivity index (χ0n) is 15.7. The molecule has 4 rings (SSSR count). The Balaban J connectivity index is 1.75. The first-order valence-electron chi connectivity index (χ1n) is 8.70. The Morgan fingerprint density at radius 2 is 1.85 bits per heavy atom. The number of pyridine rings is 1. The van der Waals surface area contributed by atoms with Crippen molar-refractivity contribution in [1.82, 2.24) is 4.98 Å². The Morgan fingerprint density at radius 3 is 2.63 bits per heavy atom. The van der Waals surface area contributed by atoms with Crippen molar-refractivity contribution in [2.45, 2.75) is 13.8 Å². The summed E-state index contributed by atoms with van der Waals surface area (Å²) in [5, 5.41) is 2.01. The summed E-state index contributed by atoms with van der Waals surface area (Å²) >= 11 is 1.42. The highest BCUT2D eigenvalue weighted by Gasteiger charge is 2.18. The lowest BCUT2D eigenvalue weighted by Crippen LogP contribution is -2.26. The summed E-state index contributed by atoms with van der Waals surface area (Å²) in [6, 6.07) is 16.0. The van der Waals surface area contributed by atoms with Gasteiger partial charge in [-0.25, -0.2) is 4.98 Å². The summed E-state index contributed by atoms with van der Waals surface area (Å²) in [6.07, 6.45) is 0. The molecule has 0 fully saturated rings. The third-order valence-electron chi connectivity index (χ3n) is 4.75. The van der Waals surface area contributed by atoms with Gasteiger partial charge in [0.25, 0.3) is 5.91 Å². The van der Waals surface area contributed by atoms with Gasteiger partial charge in [-0.2, -0.15) is 0 Å². The maximum Gasteiger partial charge on any atom is 0.268 e. The predicted molar refractivity (Wildman–Crippen MR) is 112 cm³/mol. The number of hydrogen-bond donors (Lipinski definition) is 0. The fourth-order valence-corrected chi connectivity index (χ4v) is 4.19. The van der Waals surface area contributed by atoms with E-state index in [4.69, 9.17) is 9.72 Å². The van der Waals surface area contributed by atoms with Crippen molar-refractivity contribution in [1.29, 1.82) is 0 Å². The zero-order valence-corrected chi connectivity index (χ0v) is 16.6. The first-order chi connectivity index (χ1) is 13.0. The van der Waals surface area contributed by atoms with Gasteiger partial charge in [-0.15, -0.1) is 11.3 Å². The molecule has 1 amide bonds. The number of methoxy groups -OCH3 is 1. The molecule has 2 aromatic carbocycles. The van der Waals surface area contributed by atoms with Crippen molar-refractivity contribution in [3.8, 4) is 5.75 Å². The quantitative estimate of drug-likeness (QED) is 0.484. The molecule has 4 nitrogen and oxygen atoms in total. The molecule has 2 aromatic heterocycles. The second-order valence-corrected chi connectivity index (χ2v) is 7.74. The minimum absolute atomic E-state index is 0.0201. The maximum atomic E-state index is 13.1. The lowest BCUT2D eigenvalue weighted by atomic mass is 10.1. The molecule has 0 saturated heterocycles. The summed E-state index contributed by atoms with van der Waals surface area (Å²) in [6.45, 7) is 4.05. The summed E-state index contributed by atoms with van der Waals surface area (Å²) in [7, 11) is 3.47. The van der Waals surface area contributed by atoms with E-state index in [0.29, 0.717) is 4.88 Å². The van der Waals surface area contributed by atoms with E-state index < -0.39 is 0 Å². The van der Waals surface area contributed by atoms with E-state index in [1.165, 1.54) is 11.3 Å². The van der Waals surface area contributed by atoms with Crippen LogP contribution in [0.1, 0.15) is 20.8 Å². The van der Waals surface area contributed by atoms with Gasteiger partial charge < -0.3 is 9.64 Å². The average Bonchev–Trinajstić information content (AvgIpc) is 3.09. The molecule has 2 heterocycles. The van der Waals surface area contributed by atoms with E-state index in [2.05, 4.69) is 12.1 Å². The monoisotopic (exact) mass is 376 g/mol. The van der Waals surface area contributed by atoms with Gasteiger partial charge in [0.15, 0.2) is 0 Å². The molecule has 0 bridgehead atoms. The lowest BCUT2D eigenvalue weighted by molar-refractivity contribution is 0.0997. The zero-order chi connectivity index (χ0) is 19.1. The third kappa shape index (κ3) is 3.15. The summed E-state index contributed by atoms with van der Waals surface area (Å²) < 4.78 is 5.28. The Hall–Kier alpha value is -2.92. The van der Waals surface area contributed by atoms with Gasteiger partial charge in [-0.3, -0.25) is 4.79 Å². The molecular formula is C22H20N2O2S. The molecule has 0 aliphatic rings. The Labute approximate surface area is 162 Å². The van der Waals surface area contributed by atoms with Gasteiger partial charge in [-0.05, 0) is 55.3 Å². The number of anilines is 1. The molecule has 27 heavy (non-hydrogen) atoms. The summed E-state index contributed by atoms with van der Waals surface area (Å²) in [5.41, 5.74) is 4.01. The van der Waals surface area contributed by atoms with Crippen LogP contribution in [0.25, 0.3) is 21.1 Å². The van der Waals surface area contributed by atoms with Crippen LogP contribution in [0.15, 0.2) is 48.5 Å². The fourth-order valence-electron chi connectivity index (χ4n) is 3.19. The number of thiophene rings is 1. The van der Waals surface area contributed by atoms with Crippen LogP contribution in [0.4, 0.5) is 5.69 Å². The van der Waals surface area contributed by atoms with E-state index in [0.717, 1.165) is 43.7 Å². The van der Waals surface area contributed by atoms with Crippen LogP contribution < -0.4 is 9.64 Å². The van der Waals surface area contributed by atoms with Crippen molar-refractivity contribution in [3.05, 3.63) is 64.5 Å². The van der Waals surface area contributed by atoms with Gasteiger partial charge in [0.05, 0.1) is 17.5 Å². The Bertz CT molecular complexity index is 1180. The standard InChI is InChI=1S/C22H20N2O2S/c1-13-5-6-14(2)19(9-13)24(3)22(25)20-11-16-10-15-7-8-17(26-4)12-18(15)23-21(16)27-20/h5-12H,1-4H3. The molecule has 136 valence electrons. The van der Waals surface area contributed by atoms with Crippen molar-refractivity contribution in [3.63, 3.8) is 0 Å². The number of benzene rings is 2. The van der Waals surface area contributed by atoms with Gasteiger partial charge in [0.1, 0.15) is 10.6 Å². The fraction of sp³-hybridized carbons (Fsp3) is 0.182. The predicted octanol–water partition coefficient (Wildman–Crippen LogP) is 5.35. The van der Waals surface area contributed by atoms with Crippen LogP contribution in [0, 0.1) is 13.8 Å². The SMILES string of the molecule is COc1ccc2cc3cc(C(=O)N(C)c4cc(C)ccc4C)sc3nc2c1. The first-order valence-corrected chi connectivity index (χ1v) is 9.51. The average molecular weight is 376 g/mol. The third-order valence-corrected chi connectivity index (χ3v) is 5.78. The number of aromatic nitrogens is 1. The van der Waals surface area contributed by atoms with Crippen molar-refractivity contribution >= 4 is 44.1 Å². The number of ether oxygens (including phenoxy) is 1. The number of rotatable bonds is 3. The number of carbonyl (C=O) groups is 1. The van der Waals surface area contributed by atoms with Gasteiger partial charge >= 0.3 is 0 Å². The van der Waals surface area contributed by atoms with Crippen LogP contribution >= 0.6 is 11.3 Å². The first kappa shape index (κ1) is 17.5. The highest BCUT2D eigenvalue weighted by atomic mass is 32.1. The summed E-state index contributed by atoms with van der Waals surface area (Å²) in [5.74, 6) is 0.755. The highest BCUT2D eigenvalue weighted by Crippen LogP contribution is 2.31. The molecule has 0 atom stereocenters. The maximum absolute atomic E-state index is 13.1. The largest absolute Gasteiger partial charge is 0.497 e. The normalized spacial score (nSPS) is 11.1. The molecule has 0 saturated carbocycles. The van der Waals surface area contributed by atoms with Gasteiger partial charge in [-0.1, -0.05) is 12.1 Å². The van der Waals surface area contributed by atoms with E-state index in [1.807, 2.05) is 57.3 Å².